The number of nitrogens with one attached hydrogen (secondary N) is 1. The molecule has 0 saturated heterocycles. The van der Waals surface area contributed by atoms with Crippen molar-refractivity contribution in [2.75, 3.05) is 5.32 Å². The Bertz CT molecular complexity index is 573. The van der Waals surface area contributed by atoms with Crippen LogP contribution in [-0.2, 0) is 0 Å². The van der Waals surface area contributed by atoms with E-state index in [4.69, 9.17) is 18.0 Å². The molecule has 1 aromatic carbocycles. The van der Waals surface area contributed by atoms with Gasteiger partial charge in [0.2, 0.25) is 0 Å². The summed E-state index contributed by atoms with van der Waals surface area (Å²) in [6.07, 6.45) is 1.68. The predicted octanol–water partition coefficient (Wildman–Crippen LogP) is 3.08. The van der Waals surface area contributed by atoms with Gasteiger partial charge in [0.15, 0.2) is 0 Å². The molecule has 0 spiro atoms. The van der Waals surface area contributed by atoms with Gasteiger partial charge in [-0.25, -0.2) is 0 Å². The standard InChI is InChI=1S/C14H15N3S/c1-9-6-10(2)8-11(7-9)17-12-4-3-5-16-13(12)14(15)18/h3-8,17H,1-2H3,(H2,15,18). The molecule has 0 unspecified atom stereocenters. The molecule has 1 aromatic heterocycles. The quantitative estimate of drug-likeness (QED) is 0.830. The van der Waals surface area contributed by atoms with Crippen molar-refractivity contribution in [3.05, 3.63) is 53.3 Å². The van der Waals surface area contributed by atoms with Crippen LogP contribution in [0, 0.1) is 13.8 Å². The molecule has 0 aliphatic heterocycles. The van der Waals surface area contributed by atoms with E-state index in [0.29, 0.717) is 10.7 Å². The van der Waals surface area contributed by atoms with Gasteiger partial charge in [0.1, 0.15) is 10.7 Å². The highest BCUT2D eigenvalue weighted by Gasteiger charge is 2.06. The normalized spacial score (nSPS) is 10.1. The maximum atomic E-state index is 5.66. The summed E-state index contributed by atoms with van der Waals surface area (Å²) in [6, 6.07) is 10.0. The Morgan fingerprint density at radius 2 is 1.89 bits per heavy atom. The predicted molar refractivity (Wildman–Crippen MR) is 79.3 cm³/mol. The molecule has 0 fully saturated rings. The van der Waals surface area contributed by atoms with Crippen LogP contribution >= 0.6 is 12.2 Å². The molecule has 1 heterocycles. The Morgan fingerprint density at radius 3 is 2.50 bits per heavy atom. The van der Waals surface area contributed by atoms with E-state index in [1.54, 1.807) is 6.20 Å². The first-order chi connectivity index (χ1) is 8.56. The minimum Gasteiger partial charge on any atom is -0.388 e. The van der Waals surface area contributed by atoms with Gasteiger partial charge in [-0.1, -0.05) is 18.3 Å². The van der Waals surface area contributed by atoms with E-state index < -0.39 is 0 Å². The van der Waals surface area contributed by atoms with E-state index >= 15 is 0 Å². The van der Waals surface area contributed by atoms with E-state index in [1.807, 2.05) is 12.1 Å². The highest BCUT2D eigenvalue weighted by Crippen LogP contribution is 2.21. The number of rotatable bonds is 3. The monoisotopic (exact) mass is 257 g/mol. The molecule has 0 radical (unpaired) electrons. The smallest absolute Gasteiger partial charge is 0.124 e. The van der Waals surface area contributed by atoms with Gasteiger partial charge in [0.05, 0.1) is 5.69 Å². The molecular weight excluding hydrogens is 242 g/mol. The Hall–Kier alpha value is -1.94. The highest BCUT2D eigenvalue weighted by molar-refractivity contribution is 7.80. The first-order valence-electron chi connectivity index (χ1n) is 5.66. The lowest BCUT2D eigenvalue weighted by molar-refractivity contribution is 1.28. The van der Waals surface area contributed by atoms with Crippen LogP contribution in [0.4, 0.5) is 11.4 Å². The Kier molecular flexibility index (Phi) is 3.58. The van der Waals surface area contributed by atoms with Crippen molar-refractivity contribution in [3.63, 3.8) is 0 Å². The second-order valence-electron chi connectivity index (χ2n) is 4.27. The van der Waals surface area contributed by atoms with Crippen LogP contribution < -0.4 is 11.1 Å². The summed E-state index contributed by atoms with van der Waals surface area (Å²) in [5, 5.41) is 3.31. The van der Waals surface area contributed by atoms with Gasteiger partial charge < -0.3 is 11.1 Å². The zero-order valence-electron chi connectivity index (χ0n) is 10.4. The lowest BCUT2D eigenvalue weighted by atomic mass is 10.1. The number of benzene rings is 1. The maximum absolute atomic E-state index is 5.66. The molecule has 18 heavy (non-hydrogen) atoms. The Labute approximate surface area is 112 Å². The molecule has 4 heteroatoms. The van der Waals surface area contributed by atoms with E-state index in [2.05, 4.69) is 42.3 Å². The molecule has 2 rings (SSSR count). The largest absolute Gasteiger partial charge is 0.388 e. The van der Waals surface area contributed by atoms with Gasteiger partial charge in [-0.05, 0) is 49.2 Å². The summed E-state index contributed by atoms with van der Waals surface area (Å²) in [4.78, 5) is 4.48. The summed E-state index contributed by atoms with van der Waals surface area (Å²) < 4.78 is 0. The molecule has 0 amide bonds. The molecule has 92 valence electrons. The molecule has 3 nitrogen and oxygen atoms in total. The zero-order valence-corrected chi connectivity index (χ0v) is 11.2. The van der Waals surface area contributed by atoms with Crippen molar-refractivity contribution in [1.29, 1.82) is 0 Å². The third-order valence-electron chi connectivity index (χ3n) is 2.54. The molecule has 0 aliphatic carbocycles. The maximum Gasteiger partial charge on any atom is 0.124 e. The molecule has 2 aromatic rings. The fraction of sp³-hybridized carbons (Fsp3) is 0.143. The number of hydrogen-bond acceptors (Lipinski definition) is 3. The van der Waals surface area contributed by atoms with E-state index in [0.717, 1.165) is 11.4 Å². The van der Waals surface area contributed by atoms with Crippen LogP contribution in [0.3, 0.4) is 0 Å². The second-order valence-corrected chi connectivity index (χ2v) is 4.71. The van der Waals surface area contributed by atoms with Crippen LogP contribution in [0.25, 0.3) is 0 Å². The number of aryl methyl sites for hydroxylation is 2. The number of pyridine rings is 1. The number of hydrogen-bond donors (Lipinski definition) is 2. The van der Waals surface area contributed by atoms with Crippen molar-refractivity contribution in [1.82, 2.24) is 4.98 Å². The number of nitrogens with zero attached hydrogens (tertiary/aromatic N) is 1. The molecule has 3 N–H and O–H groups in total. The fourth-order valence-electron chi connectivity index (χ4n) is 1.90. The Morgan fingerprint density at radius 1 is 1.22 bits per heavy atom. The zero-order chi connectivity index (χ0) is 13.1. The van der Waals surface area contributed by atoms with Crippen molar-refractivity contribution >= 4 is 28.6 Å². The number of nitrogens with two attached hydrogens (primary N) is 1. The van der Waals surface area contributed by atoms with Crippen LogP contribution in [0.5, 0.6) is 0 Å². The average molecular weight is 257 g/mol. The third kappa shape index (κ3) is 2.84. The van der Waals surface area contributed by atoms with E-state index in [-0.39, 0.29) is 0 Å². The fourth-order valence-corrected chi connectivity index (χ4v) is 2.07. The van der Waals surface area contributed by atoms with Crippen LogP contribution in [0.15, 0.2) is 36.5 Å². The molecule has 0 bridgehead atoms. The SMILES string of the molecule is Cc1cc(C)cc(Nc2cccnc2C(N)=S)c1. The highest BCUT2D eigenvalue weighted by atomic mass is 32.1. The number of anilines is 2. The van der Waals surface area contributed by atoms with Crippen molar-refractivity contribution < 1.29 is 0 Å². The lowest BCUT2D eigenvalue weighted by Gasteiger charge is -2.11. The van der Waals surface area contributed by atoms with Crippen molar-refractivity contribution in [2.24, 2.45) is 5.73 Å². The minimum atomic E-state index is 0.294. The van der Waals surface area contributed by atoms with Crippen molar-refractivity contribution in [3.8, 4) is 0 Å². The van der Waals surface area contributed by atoms with Gasteiger partial charge in [-0.15, -0.1) is 0 Å². The molecule has 0 atom stereocenters. The summed E-state index contributed by atoms with van der Waals surface area (Å²) in [5.41, 5.74) is 10.5. The Balaban J connectivity index is 2.37. The van der Waals surface area contributed by atoms with Crippen molar-refractivity contribution in [2.45, 2.75) is 13.8 Å². The first kappa shape index (κ1) is 12.5. The number of thiocarbonyl (C=S) groups is 1. The van der Waals surface area contributed by atoms with E-state index in [9.17, 15) is 0 Å². The van der Waals surface area contributed by atoms with E-state index in [1.165, 1.54) is 11.1 Å². The third-order valence-corrected chi connectivity index (χ3v) is 2.74. The molecule has 0 saturated carbocycles. The van der Waals surface area contributed by atoms with Crippen LogP contribution in [0.2, 0.25) is 0 Å². The summed E-state index contributed by atoms with van der Waals surface area (Å²) in [6.45, 7) is 4.13. The van der Waals surface area contributed by atoms with Crippen LogP contribution in [0.1, 0.15) is 16.8 Å². The number of aromatic nitrogens is 1. The summed E-state index contributed by atoms with van der Waals surface area (Å²) in [7, 11) is 0. The lowest BCUT2D eigenvalue weighted by Crippen LogP contribution is -2.13. The summed E-state index contributed by atoms with van der Waals surface area (Å²) >= 11 is 4.99. The average Bonchev–Trinajstić information content (AvgIpc) is 2.27. The summed E-state index contributed by atoms with van der Waals surface area (Å²) in [5.74, 6) is 0. The van der Waals surface area contributed by atoms with Gasteiger partial charge >= 0.3 is 0 Å². The van der Waals surface area contributed by atoms with Gasteiger partial charge in [0, 0.05) is 11.9 Å². The first-order valence-corrected chi connectivity index (χ1v) is 6.07. The van der Waals surface area contributed by atoms with Crippen LogP contribution in [-0.4, -0.2) is 9.97 Å². The van der Waals surface area contributed by atoms with Gasteiger partial charge in [0.25, 0.3) is 0 Å². The van der Waals surface area contributed by atoms with Gasteiger partial charge in [-0.3, -0.25) is 4.98 Å². The second kappa shape index (κ2) is 5.14. The minimum absolute atomic E-state index is 0.294. The molecular formula is C14H15N3S. The topological polar surface area (TPSA) is 50.9 Å². The van der Waals surface area contributed by atoms with Gasteiger partial charge in [-0.2, -0.15) is 0 Å². The molecule has 0 aliphatic rings.